The number of hydrogen-bond acceptors (Lipinski definition) is 3. The molecular weight excluding hydrogens is 204 g/mol. The zero-order valence-corrected chi connectivity index (χ0v) is 10.9. The van der Waals surface area contributed by atoms with Crippen molar-refractivity contribution in [1.82, 2.24) is 10.2 Å². The highest BCUT2D eigenvalue weighted by Gasteiger charge is 2.34. The van der Waals surface area contributed by atoms with E-state index < -0.39 is 5.60 Å². The van der Waals surface area contributed by atoms with E-state index in [-0.39, 0.29) is 6.09 Å². The number of carbonyl (C=O) groups excluding carboxylic acids is 1. The molecule has 0 atom stereocenters. The molecule has 1 saturated carbocycles. The summed E-state index contributed by atoms with van der Waals surface area (Å²) in [5.41, 5.74) is -0.400. The van der Waals surface area contributed by atoms with Crippen LogP contribution in [0.25, 0.3) is 0 Å². The second-order valence-electron chi connectivity index (χ2n) is 5.26. The van der Waals surface area contributed by atoms with Gasteiger partial charge < -0.3 is 15.0 Å². The first-order chi connectivity index (χ1) is 7.44. The molecule has 4 heteroatoms. The van der Waals surface area contributed by atoms with Crippen LogP contribution in [0.2, 0.25) is 0 Å². The predicted octanol–water partition coefficient (Wildman–Crippen LogP) is 2.00. The molecule has 0 spiro atoms. The van der Waals surface area contributed by atoms with Gasteiger partial charge in [-0.2, -0.15) is 0 Å². The molecule has 1 rings (SSSR count). The monoisotopic (exact) mass is 228 g/mol. The highest BCUT2D eigenvalue weighted by atomic mass is 16.6. The quantitative estimate of drug-likeness (QED) is 0.732. The van der Waals surface area contributed by atoms with E-state index in [1.54, 1.807) is 0 Å². The van der Waals surface area contributed by atoms with Gasteiger partial charge in [-0.05, 0) is 40.2 Å². The van der Waals surface area contributed by atoms with Crippen LogP contribution in [0, 0.1) is 0 Å². The molecule has 0 heterocycles. The first kappa shape index (κ1) is 13.3. The molecule has 4 nitrogen and oxygen atoms in total. The number of carbonyl (C=O) groups is 1. The lowest BCUT2D eigenvalue weighted by atomic mass is 10.2. The third kappa shape index (κ3) is 4.84. The third-order valence-corrected chi connectivity index (χ3v) is 2.40. The summed E-state index contributed by atoms with van der Waals surface area (Å²) in [6.07, 6.45) is 2.06. The molecule has 1 aliphatic carbocycles. The molecule has 1 amide bonds. The van der Waals surface area contributed by atoms with Gasteiger partial charge in [-0.25, -0.2) is 4.79 Å². The zero-order chi connectivity index (χ0) is 12.2. The van der Waals surface area contributed by atoms with Gasteiger partial charge in [0.15, 0.2) is 0 Å². The Morgan fingerprint density at radius 2 is 2.06 bits per heavy atom. The van der Waals surface area contributed by atoms with E-state index in [4.69, 9.17) is 4.74 Å². The van der Waals surface area contributed by atoms with Crippen molar-refractivity contribution in [3.8, 4) is 0 Å². The van der Waals surface area contributed by atoms with E-state index in [9.17, 15) is 4.79 Å². The van der Waals surface area contributed by atoms with Crippen molar-refractivity contribution in [2.24, 2.45) is 0 Å². The summed E-state index contributed by atoms with van der Waals surface area (Å²) in [5.74, 6) is 0. The van der Waals surface area contributed by atoms with Crippen LogP contribution in [-0.4, -0.2) is 42.3 Å². The molecule has 1 N–H and O–H groups in total. The number of likely N-dealkylation sites (N-methyl/N-ethyl adjacent to an activating group) is 1. The van der Waals surface area contributed by atoms with Gasteiger partial charge >= 0.3 is 6.09 Å². The lowest BCUT2D eigenvalue weighted by molar-refractivity contribution is 0.0236. The minimum atomic E-state index is -0.400. The maximum atomic E-state index is 11.9. The lowest BCUT2D eigenvalue weighted by Gasteiger charge is -2.27. The summed E-state index contributed by atoms with van der Waals surface area (Å²) < 4.78 is 5.39. The van der Waals surface area contributed by atoms with Crippen LogP contribution in [0.4, 0.5) is 4.79 Å². The number of nitrogens with zero attached hydrogens (tertiary/aromatic N) is 1. The van der Waals surface area contributed by atoms with Gasteiger partial charge in [0.2, 0.25) is 0 Å². The number of nitrogens with one attached hydrogen (secondary N) is 1. The van der Waals surface area contributed by atoms with Crippen LogP contribution in [0.15, 0.2) is 0 Å². The van der Waals surface area contributed by atoms with E-state index in [0.29, 0.717) is 6.04 Å². The Morgan fingerprint density at radius 1 is 1.44 bits per heavy atom. The number of ether oxygens (including phenoxy) is 1. The fraction of sp³-hybridized carbons (Fsp3) is 0.917. The van der Waals surface area contributed by atoms with Gasteiger partial charge in [0, 0.05) is 19.1 Å². The van der Waals surface area contributed by atoms with Crippen molar-refractivity contribution < 1.29 is 9.53 Å². The molecule has 0 aromatic rings. The van der Waals surface area contributed by atoms with Crippen LogP contribution in [-0.2, 0) is 4.74 Å². The maximum absolute atomic E-state index is 11.9. The average molecular weight is 228 g/mol. The van der Waals surface area contributed by atoms with Crippen molar-refractivity contribution in [2.75, 3.05) is 19.6 Å². The van der Waals surface area contributed by atoms with Crippen LogP contribution in [0.1, 0.15) is 40.5 Å². The Balaban J connectivity index is 2.40. The van der Waals surface area contributed by atoms with E-state index >= 15 is 0 Å². The second kappa shape index (κ2) is 5.53. The van der Waals surface area contributed by atoms with E-state index in [2.05, 4.69) is 12.2 Å². The molecule has 94 valence electrons. The smallest absolute Gasteiger partial charge is 0.410 e. The van der Waals surface area contributed by atoms with E-state index in [0.717, 1.165) is 32.5 Å². The van der Waals surface area contributed by atoms with Crippen molar-refractivity contribution in [3.63, 3.8) is 0 Å². The summed E-state index contributed by atoms with van der Waals surface area (Å²) in [6.45, 7) is 10.3. The van der Waals surface area contributed by atoms with Crippen LogP contribution in [0.3, 0.4) is 0 Å². The van der Waals surface area contributed by atoms with Gasteiger partial charge in [-0.15, -0.1) is 0 Å². The minimum Gasteiger partial charge on any atom is -0.444 e. The number of rotatable bonds is 5. The summed E-state index contributed by atoms with van der Waals surface area (Å²) in [6, 6.07) is 0.411. The van der Waals surface area contributed by atoms with Gasteiger partial charge in [-0.1, -0.05) is 6.92 Å². The molecule has 0 bridgehead atoms. The average Bonchev–Trinajstić information content (AvgIpc) is 2.92. The normalized spacial score (nSPS) is 16.0. The summed E-state index contributed by atoms with van der Waals surface area (Å²) in [7, 11) is 0. The highest BCUT2D eigenvalue weighted by molar-refractivity contribution is 5.69. The fourth-order valence-electron chi connectivity index (χ4n) is 1.51. The molecule has 0 unspecified atom stereocenters. The first-order valence-electron chi connectivity index (χ1n) is 6.14. The summed E-state index contributed by atoms with van der Waals surface area (Å²) in [5, 5.41) is 3.23. The van der Waals surface area contributed by atoms with Crippen molar-refractivity contribution in [1.29, 1.82) is 0 Å². The Labute approximate surface area is 98.3 Å². The predicted molar refractivity (Wildman–Crippen MR) is 64.5 cm³/mol. The van der Waals surface area contributed by atoms with E-state index in [1.165, 1.54) is 0 Å². The van der Waals surface area contributed by atoms with Gasteiger partial charge in [0.05, 0.1) is 0 Å². The molecule has 0 saturated heterocycles. The van der Waals surface area contributed by atoms with Gasteiger partial charge in [0.25, 0.3) is 0 Å². The van der Waals surface area contributed by atoms with E-state index in [1.807, 2.05) is 25.7 Å². The molecule has 0 aromatic carbocycles. The van der Waals surface area contributed by atoms with Crippen molar-refractivity contribution in [3.05, 3.63) is 0 Å². The minimum absolute atomic E-state index is 0.173. The molecule has 1 aliphatic rings. The Hall–Kier alpha value is -0.770. The highest BCUT2D eigenvalue weighted by Crippen LogP contribution is 2.27. The Kier molecular flexibility index (Phi) is 4.59. The fourth-order valence-corrected chi connectivity index (χ4v) is 1.51. The largest absolute Gasteiger partial charge is 0.444 e. The van der Waals surface area contributed by atoms with Crippen LogP contribution < -0.4 is 5.32 Å². The Morgan fingerprint density at radius 3 is 2.50 bits per heavy atom. The first-order valence-corrected chi connectivity index (χ1v) is 6.14. The molecule has 0 aliphatic heterocycles. The molecule has 0 aromatic heterocycles. The van der Waals surface area contributed by atoms with Crippen molar-refractivity contribution in [2.45, 2.75) is 52.2 Å². The number of amides is 1. The zero-order valence-electron chi connectivity index (χ0n) is 10.9. The SMILES string of the molecule is CCNCCN(C(=O)OC(C)(C)C)C1CC1. The molecule has 1 fully saturated rings. The second-order valence-corrected chi connectivity index (χ2v) is 5.26. The maximum Gasteiger partial charge on any atom is 0.410 e. The van der Waals surface area contributed by atoms with Crippen LogP contribution in [0.5, 0.6) is 0 Å². The topological polar surface area (TPSA) is 41.6 Å². The van der Waals surface area contributed by atoms with Gasteiger partial charge in [0.1, 0.15) is 5.60 Å². The molecule has 0 radical (unpaired) electrons. The number of hydrogen-bond donors (Lipinski definition) is 1. The summed E-state index contributed by atoms with van der Waals surface area (Å²) in [4.78, 5) is 13.8. The summed E-state index contributed by atoms with van der Waals surface area (Å²) >= 11 is 0. The van der Waals surface area contributed by atoms with Gasteiger partial charge in [-0.3, -0.25) is 0 Å². The lowest BCUT2D eigenvalue weighted by Crippen LogP contribution is -2.41. The third-order valence-electron chi connectivity index (χ3n) is 2.40. The standard InChI is InChI=1S/C12H24N2O2/c1-5-13-8-9-14(10-6-7-10)11(15)16-12(2,3)4/h10,13H,5-9H2,1-4H3. The van der Waals surface area contributed by atoms with Crippen LogP contribution >= 0.6 is 0 Å². The van der Waals surface area contributed by atoms with Crippen molar-refractivity contribution >= 4 is 6.09 Å². The Bertz CT molecular complexity index is 232. The molecule has 16 heavy (non-hydrogen) atoms. The molecular formula is C12H24N2O2.